The van der Waals surface area contributed by atoms with E-state index in [9.17, 15) is 4.79 Å². The lowest BCUT2D eigenvalue weighted by Gasteiger charge is -2.11. The Morgan fingerprint density at radius 1 is 1.25 bits per heavy atom. The van der Waals surface area contributed by atoms with Gasteiger partial charge in [0.15, 0.2) is 0 Å². The van der Waals surface area contributed by atoms with E-state index in [-0.39, 0.29) is 5.91 Å². The van der Waals surface area contributed by atoms with Crippen molar-refractivity contribution in [2.75, 3.05) is 19.5 Å². The number of hydrogen-bond donors (Lipinski definition) is 1. The number of ether oxygens (including phenoxy) is 2. The molecular formula is C14H13BrN2O3. The number of hydrogen-bond acceptors (Lipinski definition) is 4. The fourth-order valence-corrected chi connectivity index (χ4v) is 2.01. The number of carbonyl (C=O) groups excluding carboxylic acids is 1. The molecule has 1 aromatic heterocycles. The number of nitrogens with zero attached hydrogens (tertiary/aromatic N) is 1. The number of rotatable bonds is 4. The Hall–Kier alpha value is -2.08. The van der Waals surface area contributed by atoms with E-state index in [1.165, 1.54) is 7.11 Å². The molecule has 0 aliphatic rings. The predicted molar refractivity (Wildman–Crippen MR) is 79.4 cm³/mol. The van der Waals surface area contributed by atoms with Crippen LogP contribution in [0.1, 0.15) is 10.4 Å². The molecule has 1 amide bonds. The average molecular weight is 337 g/mol. The van der Waals surface area contributed by atoms with Crippen LogP contribution in [0.2, 0.25) is 0 Å². The van der Waals surface area contributed by atoms with Gasteiger partial charge in [0.1, 0.15) is 11.5 Å². The Bertz CT molecular complexity index is 632. The maximum atomic E-state index is 12.3. The first-order valence-electron chi connectivity index (χ1n) is 5.78. The normalized spacial score (nSPS) is 9.95. The molecule has 1 N–H and O–H groups in total. The number of methoxy groups -OCH3 is 2. The molecule has 0 fully saturated rings. The lowest BCUT2D eigenvalue weighted by Crippen LogP contribution is -2.13. The summed E-state index contributed by atoms with van der Waals surface area (Å²) in [6.45, 7) is 0. The first kappa shape index (κ1) is 14.3. The van der Waals surface area contributed by atoms with Crippen LogP contribution in [-0.4, -0.2) is 25.1 Å². The van der Waals surface area contributed by atoms with Gasteiger partial charge >= 0.3 is 0 Å². The number of aromatic nitrogens is 1. The van der Waals surface area contributed by atoms with Gasteiger partial charge in [0.2, 0.25) is 0 Å². The van der Waals surface area contributed by atoms with Gasteiger partial charge in [-0.15, -0.1) is 0 Å². The summed E-state index contributed by atoms with van der Waals surface area (Å²) in [6.07, 6.45) is 3.21. The van der Waals surface area contributed by atoms with Crippen molar-refractivity contribution >= 4 is 27.5 Å². The van der Waals surface area contributed by atoms with Crippen LogP contribution in [-0.2, 0) is 0 Å². The summed E-state index contributed by atoms with van der Waals surface area (Å²) in [5, 5.41) is 2.79. The Morgan fingerprint density at radius 2 is 2.05 bits per heavy atom. The van der Waals surface area contributed by atoms with Gasteiger partial charge in [0, 0.05) is 12.4 Å². The predicted octanol–water partition coefficient (Wildman–Crippen LogP) is 3.11. The Morgan fingerprint density at radius 3 is 2.70 bits per heavy atom. The maximum Gasteiger partial charge on any atom is 0.259 e. The van der Waals surface area contributed by atoms with Crippen molar-refractivity contribution in [3.05, 3.63) is 46.7 Å². The molecule has 2 aromatic rings. The highest BCUT2D eigenvalue weighted by atomic mass is 79.9. The molecule has 2 rings (SSSR count). The third-order valence-corrected chi connectivity index (χ3v) is 3.30. The van der Waals surface area contributed by atoms with E-state index in [0.717, 1.165) is 0 Å². The number of benzene rings is 1. The third-order valence-electron chi connectivity index (χ3n) is 2.67. The molecule has 0 radical (unpaired) electrons. The van der Waals surface area contributed by atoms with Crippen molar-refractivity contribution in [3.63, 3.8) is 0 Å². The summed E-state index contributed by atoms with van der Waals surface area (Å²) in [6, 6.07) is 6.76. The molecule has 0 aliphatic carbocycles. The van der Waals surface area contributed by atoms with Gasteiger partial charge in [-0.25, -0.2) is 0 Å². The average Bonchev–Trinajstić information content (AvgIpc) is 2.48. The number of carbonyl (C=O) groups is 1. The minimum atomic E-state index is -0.285. The molecule has 6 heteroatoms. The zero-order valence-electron chi connectivity index (χ0n) is 11.0. The van der Waals surface area contributed by atoms with Gasteiger partial charge < -0.3 is 14.8 Å². The van der Waals surface area contributed by atoms with Gasteiger partial charge in [0.05, 0.1) is 29.9 Å². The van der Waals surface area contributed by atoms with Crippen molar-refractivity contribution < 1.29 is 14.3 Å². The zero-order valence-corrected chi connectivity index (χ0v) is 12.6. The highest BCUT2D eigenvalue weighted by Crippen LogP contribution is 2.26. The molecule has 0 atom stereocenters. The smallest absolute Gasteiger partial charge is 0.259 e. The van der Waals surface area contributed by atoms with Crippen molar-refractivity contribution in [2.24, 2.45) is 0 Å². The summed E-state index contributed by atoms with van der Waals surface area (Å²) in [5.74, 6) is 0.783. The van der Waals surface area contributed by atoms with Crippen LogP contribution in [0.25, 0.3) is 0 Å². The van der Waals surface area contributed by atoms with Crippen LogP contribution in [0.15, 0.2) is 41.1 Å². The molecule has 5 nitrogen and oxygen atoms in total. The fraction of sp³-hybridized carbons (Fsp3) is 0.143. The van der Waals surface area contributed by atoms with Gasteiger partial charge in [-0.2, -0.15) is 0 Å². The standard InChI is InChI=1S/C14H13BrN2O3/c1-19-9-3-4-13(20-2)10(7-9)14(18)17-12-5-6-16-8-11(12)15/h3-8H,1-2H3,(H,16,17,18). The molecule has 1 aromatic carbocycles. The molecular weight excluding hydrogens is 324 g/mol. The van der Waals surface area contributed by atoms with Crippen molar-refractivity contribution in [1.29, 1.82) is 0 Å². The highest BCUT2D eigenvalue weighted by molar-refractivity contribution is 9.10. The number of anilines is 1. The lowest BCUT2D eigenvalue weighted by molar-refractivity contribution is 0.102. The quantitative estimate of drug-likeness (QED) is 0.931. The van der Waals surface area contributed by atoms with Gasteiger partial charge in [-0.1, -0.05) is 0 Å². The number of amides is 1. The first-order chi connectivity index (χ1) is 9.65. The fourth-order valence-electron chi connectivity index (χ4n) is 1.66. The maximum absolute atomic E-state index is 12.3. The molecule has 104 valence electrons. The Labute approximate surface area is 125 Å². The molecule has 1 heterocycles. The van der Waals surface area contributed by atoms with E-state index in [4.69, 9.17) is 9.47 Å². The van der Waals surface area contributed by atoms with E-state index in [1.807, 2.05) is 0 Å². The number of pyridine rings is 1. The number of halogens is 1. The molecule has 0 saturated carbocycles. The van der Waals surface area contributed by atoms with Crippen molar-refractivity contribution in [2.45, 2.75) is 0 Å². The molecule has 0 bridgehead atoms. The molecule has 0 aliphatic heterocycles. The largest absolute Gasteiger partial charge is 0.497 e. The van der Waals surface area contributed by atoms with Crippen LogP contribution >= 0.6 is 15.9 Å². The molecule has 0 saturated heterocycles. The van der Waals surface area contributed by atoms with Crippen LogP contribution in [0.4, 0.5) is 5.69 Å². The van der Waals surface area contributed by atoms with E-state index >= 15 is 0 Å². The third kappa shape index (κ3) is 3.08. The van der Waals surface area contributed by atoms with E-state index in [0.29, 0.717) is 27.2 Å². The number of nitrogens with one attached hydrogen (secondary N) is 1. The van der Waals surface area contributed by atoms with Crippen LogP contribution < -0.4 is 14.8 Å². The first-order valence-corrected chi connectivity index (χ1v) is 6.58. The topological polar surface area (TPSA) is 60.5 Å². The van der Waals surface area contributed by atoms with Crippen LogP contribution in [0, 0.1) is 0 Å². The second-order valence-corrected chi connectivity index (χ2v) is 4.73. The van der Waals surface area contributed by atoms with Gasteiger partial charge in [-0.05, 0) is 40.2 Å². The Balaban J connectivity index is 2.31. The summed E-state index contributed by atoms with van der Waals surface area (Å²) in [7, 11) is 3.06. The summed E-state index contributed by atoms with van der Waals surface area (Å²) >= 11 is 3.33. The van der Waals surface area contributed by atoms with Gasteiger partial charge in [0.25, 0.3) is 5.91 Å². The molecule has 20 heavy (non-hydrogen) atoms. The monoisotopic (exact) mass is 336 g/mol. The van der Waals surface area contributed by atoms with E-state index < -0.39 is 0 Å². The molecule has 0 spiro atoms. The second-order valence-electron chi connectivity index (χ2n) is 3.88. The summed E-state index contributed by atoms with van der Waals surface area (Å²) < 4.78 is 11.0. The van der Waals surface area contributed by atoms with Gasteiger partial charge in [-0.3, -0.25) is 9.78 Å². The molecule has 0 unspecified atom stereocenters. The summed E-state index contributed by atoms with van der Waals surface area (Å²) in [4.78, 5) is 16.3. The lowest BCUT2D eigenvalue weighted by atomic mass is 10.1. The second kappa shape index (κ2) is 6.38. The summed E-state index contributed by atoms with van der Waals surface area (Å²) in [5.41, 5.74) is 1.03. The van der Waals surface area contributed by atoms with Crippen LogP contribution in [0.3, 0.4) is 0 Å². The SMILES string of the molecule is COc1ccc(OC)c(C(=O)Nc2ccncc2Br)c1. The highest BCUT2D eigenvalue weighted by Gasteiger charge is 2.14. The minimum absolute atomic E-state index is 0.285. The Kier molecular flexibility index (Phi) is 4.57. The minimum Gasteiger partial charge on any atom is -0.497 e. The van der Waals surface area contributed by atoms with Crippen molar-refractivity contribution in [3.8, 4) is 11.5 Å². The van der Waals surface area contributed by atoms with Crippen LogP contribution in [0.5, 0.6) is 11.5 Å². The van der Waals surface area contributed by atoms with Crippen molar-refractivity contribution in [1.82, 2.24) is 4.98 Å². The zero-order chi connectivity index (χ0) is 14.5. The van der Waals surface area contributed by atoms with E-state index in [2.05, 4.69) is 26.2 Å². The van der Waals surface area contributed by atoms with E-state index in [1.54, 1.807) is 43.8 Å².